The quantitative estimate of drug-likeness (QED) is 0.795. The maximum absolute atomic E-state index is 9.92. The molecule has 0 radical (unpaired) electrons. The van der Waals surface area contributed by atoms with E-state index < -0.39 is 11.7 Å². The van der Waals surface area contributed by atoms with Gasteiger partial charge >= 0.3 is 0 Å². The lowest BCUT2D eigenvalue weighted by atomic mass is 9.96. The number of ether oxygens (including phenoxy) is 2. The Balaban J connectivity index is 2.21. The van der Waals surface area contributed by atoms with Gasteiger partial charge in [-0.25, -0.2) is 0 Å². The van der Waals surface area contributed by atoms with Gasteiger partial charge in [0.05, 0.1) is 13.7 Å². The van der Waals surface area contributed by atoms with E-state index in [4.69, 9.17) is 14.6 Å². The first kappa shape index (κ1) is 11.2. The molecule has 0 aromatic heterocycles. The third-order valence-electron chi connectivity index (χ3n) is 2.96. The number of hydrogen-bond acceptors (Lipinski definition) is 4. The van der Waals surface area contributed by atoms with Crippen LogP contribution in [0.25, 0.3) is 0 Å². The van der Waals surface area contributed by atoms with Gasteiger partial charge in [0.1, 0.15) is 23.2 Å². The van der Waals surface area contributed by atoms with Crippen molar-refractivity contribution in [3.8, 4) is 11.5 Å². The summed E-state index contributed by atoms with van der Waals surface area (Å²) >= 11 is 0. The molecule has 88 valence electrons. The molecule has 1 aromatic carbocycles. The molecule has 16 heavy (non-hydrogen) atoms. The normalized spacial score (nSPS) is 22.1. The molecule has 1 aliphatic heterocycles. The van der Waals surface area contributed by atoms with Crippen LogP contribution in [0.5, 0.6) is 11.5 Å². The van der Waals surface area contributed by atoms with E-state index in [1.54, 1.807) is 20.1 Å². The monoisotopic (exact) mass is 224 g/mol. The molecule has 0 fully saturated rings. The molecule has 4 nitrogen and oxygen atoms in total. The second-order valence-electron chi connectivity index (χ2n) is 4.30. The minimum absolute atomic E-state index is 0.317. The van der Waals surface area contributed by atoms with Crippen molar-refractivity contribution in [3.63, 3.8) is 0 Å². The highest BCUT2D eigenvalue weighted by Crippen LogP contribution is 2.35. The van der Waals surface area contributed by atoms with Crippen LogP contribution in [-0.4, -0.2) is 35.6 Å². The van der Waals surface area contributed by atoms with Crippen LogP contribution in [-0.2, 0) is 6.42 Å². The number of aliphatic hydroxyl groups is 2. The third-order valence-corrected chi connectivity index (χ3v) is 2.96. The molecule has 1 aromatic rings. The van der Waals surface area contributed by atoms with Crippen LogP contribution in [0.4, 0.5) is 0 Å². The maximum Gasteiger partial charge on any atom is 0.133 e. The molecule has 2 rings (SSSR count). The van der Waals surface area contributed by atoms with E-state index in [0.717, 1.165) is 17.1 Å². The van der Waals surface area contributed by atoms with E-state index in [1.807, 2.05) is 12.1 Å². The molecule has 0 saturated heterocycles. The Kier molecular flexibility index (Phi) is 2.78. The van der Waals surface area contributed by atoms with Crippen LogP contribution < -0.4 is 9.47 Å². The molecule has 0 spiro atoms. The Morgan fingerprint density at radius 2 is 2.31 bits per heavy atom. The minimum atomic E-state index is -1.22. The number of fused-ring (bicyclic) bond motifs is 1. The number of methoxy groups -OCH3 is 1. The third kappa shape index (κ3) is 1.86. The van der Waals surface area contributed by atoms with E-state index in [9.17, 15) is 5.11 Å². The Labute approximate surface area is 94.4 Å². The number of rotatable bonds is 3. The van der Waals surface area contributed by atoms with Crippen molar-refractivity contribution in [2.24, 2.45) is 0 Å². The summed E-state index contributed by atoms with van der Waals surface area (Å²) in [4.78, 5) is 0. The molecular formula is C12H16O4. The fourth-order valence-corrected chi connectivity index (χ4v) is 1.78. The number of benzene rings is 1. The zero-order valence-corrected chi connectivity index (χ0v) is 9.43. The molecule has 2 N–H and O–H groups in total. The Morgan fingerprint density at radius 1 is 1.56 bits per heavy atom. The highest BCUT2D eigenvalue weighted by Gasteiger charge is 2.38. The first-order chi connectivity index (χ1) is 7.56. The van der Waals surface area contributed by atoms with Crippen LogP contribution >= 0.6 is 0 Å². The predicted octanol–water partition coefficient (Wildman–Crippen LogP) is 0.742. The van der Waals surface area contributed by atoms with E-state index in [1.165, 1.54) is 0 Å². The maximum atomic E-state index is 9.92. The number of hydrogen-bond donors (Lipinski definition) is 2. The second-order valence-corrected chi connectivity index (χ2v) is 4.30. The van der Waals surface area contributed by atoms with Crippen molar-refractivity contribution in [2.75, 3.05) is 13.7 Å². The SMILES string of the molecule is COc1ccc2c(c1)O[C@@H]([C@](C)(O)CO)C2. The van der Waals surface area contributed by atoms with E-state index in [-0.39, 0.29) is 6.61 Å². The summed E-state index contributed by atoms with van der Waals surface area (Å²) < 4.78 is 10.7. The zero-order chi connectivity index (χ0) is 11.8. The van der Waals surface area contributed by atoms with Gasteiger partial charge in [-0.1, -0.05) is 6.07 Å². The van der Waals surface area contributed by atoms with Gasteiger partial charge in [-0.3, -0.25) is 0 Å². The van der Waals surface area contributed by atoms with Crippen molar-refractivity contribution >= 4 is 0 Å². The van der Waals surface area contributed by atoms with Crippen molar-refractivity contribution in [3.05, 3.63) is 23.8 Å². The molecule has 0 saturated carbocycles. The molecule has 4 heteroatoms. The zero-order valence-electron chi connectivity index (χ0n) is 9.43. The van der Waals surface area contributed by atoms with Crippen LogP contribution in [0, 0.1) is 0 Å². The lowest BCUT2D eigenvalue weighted by Crippen LogP contribution is -2.45. The van der Waals surface area contributed by atoms with E-state index >= 15 is 0 Å². The smallest absolute Gasteiger partial charge is 0.133 e. The molecule has 0 unspecified atom stereocenters. The molecule has 1 heterocycles. The summed E-state index contributed by atoms with van der Waals surface area (Å²) in [6, 6.07) is 5.57. The van der Waals surface area contributed by atoms with Crippen molar-refractivity contribution in [2.45, 2.75) is 25.0 Å². The molecule has 0 amide bonds. The van der Waals surface area contributed by atoms with Crippen LogP contribution in [0.15, 0.2) is 18.2 Å². The van der Waals surface area contributed by atoms with Crippen LogP contribution in [0.2, 0.25) is 0 Å². The van der Waals surface area contributed by atoms with Gasteiger partial charge in [-0.15, -0.1) is 0 Å². The lowest BCUT2D eigenvalue weighted by Gasteiger charge is -2.26. The average Bonchev–Trinajstić information content (AvgIpc) is 2.72. The highest BCUT2D eigenvalue weighted by atomic mass is 16.5. The van der Waals surface area contributed by atoms with E-state index in [0.29, 0.717) is 6.42 Å². The fraction of sp³-hybridized carbons (Fsp3) is 0.500. The Hall–Kier alpha value is -1.26. The largest absolute Gasteiger partial charge is 0.497 e. The predicted molar refractivity (Wildman–Crippen MR) is 58.8 cm³/mol. The summed E-state index contributed by atoms with van der Waals surface area (Å²) in [5.41, 5.74) is -0.189. The van der Waals surface area contributed by atoms with Gasteiger partial charge in [-0.2, -0.15) is 0 Å². The van der Waals surface area contributed by atoms with Gasteiger partial charge in [0.25, 0.3) is 0 Å². The van der Waals surface area contributed by atoms with Gasteiger partial charge < -0.3 is 19.7 Å². The van der Waals surface area contributed by atoms with Crippen molar-refractivity contribution in [1.29, 1.82) is 0 Å². The summed E-state index contributed by atoms with van der Waals surface area (Å²) in [6.07, 6.45) is 0.201. The Morgan fingerprint density at radius 3 is 2.94 bits per heavy atom. The topological polar surface area (TPSA) is 58.9 Å². The molecular weight excluding hydrogens is 208 g/mol. The lowest BCUT2D eigenvalue weighted by molar-refractivity contribution is -0.0729. The molecule has 1 aliphatic rings. The highest BCUT2D eigenvalue weighted by molar-refractivity contribution is 5.44. The summed E-state index contributed by atoms with van der Waals surface area (Å²) in [5.74, 6) is 1.45. The first-order valence-electron chi connectivity index (χ1n) is 5.23. The van der Waals surface area contributed by atoms with Crippen molar-refractivity contribution < 1.29 is 19.7 Å². The van der Waals surface area contributed by atoms with Gasteiger partial charge in [0.2, 0.25) is 0 Å². The Bertz CT molecular complexity index is 387. The van der Waals surface area contributed by atoms with Gasteiger partial charge in [-0.05, 0) is 18.6 Å². The number of aliphatic hydroxyl groups excluding tert-OH is 1. The van der Waals surface area contributed by atoms with E-state index in [2.05, 4.69) is 0 Å². The molecule has 2 atom stereocenters. The molecule has 0 aliphatic carbocycles. The van der Waals surface area contributed by atoms with Gasteiger partial charge in [0, 0.05) is 12.5 Å². The summed E-state index contributed by atoms with van der Waals surface area (Å²) in [6.45, 7) is 1.25. The summed E-state index contributed by atoms with van der Waals surface area (Å²) in [7, 11) is 1.60. The minimum Gasteiger partial charge on any atom is -0.497 e. The standard InChI is InChI=1S/C12H16O4/c1-12(14,7-13)11-5-8-3-4-9(15-2)6-10(8)16-11/h3-4,6,11,13-14H,5,7H2,1-2H3/t11-,12-/m1/s1. The fourth-order valence-electron chi connectivity index (χ4n) is 1.78. The molecule has 0 bridgehead atoms. The average molecular weight is 224 g/mol. The van der Waals surface area contributed by atoms with Crippen molar-refractivity contribution in [1.82, 2.24) is 0 Å². The summed E-state index contributed by atoms with van der Waals surface area (Å²) in [5, 5.41) is 19.0. The second kappa shape index (κ2) is 3.96. The van der Waals surface area contributed by atoms with Gasteiger partial charge in [0.15, 0.2) is 0 Å². The van der Waals surface area contributed by atoms with Crippen LogP contribution in [0.3, 0.4) is 0 Å². The van der Waals surface area contributed by atoms with Crippen LogP contribution in [0.1, 0.15) is 12.5 Å². The first-order valence-corrected chi connectivity index (χ1v) is 5.23.